The van der Waals surface area contributed by atoms with Gasteiger partial charge in [-0.1, -0.05) is 42.8 Å². The van der Waals surface area contributed by atoms with E-state index in [-0.39, 0.29) is 31.7 Å². The van der Waals surface area contributed by atoms with E-state index in [1.54, 1.807) is 49.4 Å². The zero-order valence-corrected chi connectivity index (χ0v) is 21.0. The number of benzene rings is 3. The lowest BCUT2D eigenvalue weighted by atomic mass is 9.94. The molecule has 0 aromatic heterocycles. The van der Waals surface area contributed by atoms with Crippen molar-refractivity contribution in [3.8, 4) is 16.9 Å². The van der Waals surface area contributed by atoms with Gasteiger partial charge in [0.1, 0.15) is 5.75 Å². The van der Waals surface area contributed by atoms with Gasteiger partial charge in [0.25, 0.3) is 0 Å². The molecule has 198 valence electrons. The summed E-state index contributed by atoms with van der Waals surface area (Å²) in [5.74, 6) is -0.670. The van der Waals surface area contributed by atoms with Crippen molar-refractivity contribution in [3.05, 3.63) is 87.9 Å². The maximum Gasteiger partial charge on any atom is 0.416 e. The minimum absolute atomic E-state index is 0.0404. The third-order valence-corrected chi connectivity index (χ3v) is 5.96. The van der Waals surface area contributed by atoms with Crippen LogP contribution in [-0.4, -0.2) is 41.2 Å². The minimum atomic E-state index is -4.58. The summed E-state index contributed by atoms with van der Waals surface area (Å²) < 4.78 is 51.7. The lowest BCUT2D eigenvalue weighted by Gasteiger charge is -2.28. The van der Waals surface area contributed by atoms with Crippen LogP contribution in [0.15, 0.2) is 60.7 Å². The van der Waals surface area contributed by atoms with Gasteiger partial charge >= 0.3 is 12.1 Å². The van der Waals surface area contributed by atoms with E-state index in [1.807, 2.05) is 0 Å². The predicted molar refractivity (Wildman–Crippen MR) is 133 cm³/mol. The highest BCUT2D eigenvalue weighted by Gasteiger charge is 2.32. The summed E-state index contributed by atoms with van der Waals surface area (Å²) in [6.07, 6.45) is -6.25. The number of aliphatic hydroxyl groups excluding tert-OH is 1. The zero-order valence-electron chi connectivity index (χ0n) is 20.3. The Hall–Kier alpha value is -3.11. The molecule has 0 heterocycles. The van der Waals surface area contributed by atoms with E-state index < -0.39 is 24.1 Å². The third-order valence-electron chi connectivity index (χ3n) is 5.72. The van der Waals surface area contributed by atoms with Crippen LogP contribution in [0.4, 0.5) is 13.2 Å². The highest BCUT2D eigenvalue weighted by Crippen LogP contribution is 2.38. The SMILES string of the molecule is CCN(Cc1cc(C(F)(F)F)ccc1-c1cc(CC(=O)O)ccc1OC)C(O)OCc1cccc(Cl)c1. The number of hydrogen-bond acceptors (Lipinski definition) is 5. The molecule has 0 spiro atoms. The monoisotopic (exact) mass is 537 g/mol. The molecule has 37 heavy (non-hydrogen) atoms. The zero-order chi connectivity index (χ0) is 27.2. The van der Waals surface area contributed by atoms with Crippen LogP contribution >= 0.6 is 11.6 Å². The number of methoxy groups -OCH3 is 1. The van der Waals surface area contributed by atoms with E-state index >= 15 is 0 Å². The van der Waals surface area contributed by atoms with Crippen LogP contribution in [0.3, 0.4) is 0 Å². The predicted octanol–water partition coefficient (Wildman–Crippen LogP) is 5.98. The van der Waals surface area contributed by atoms with E-state index in [4.69, 9.17) is 21.1 Å². The van der Waals surface area contributed by atoms with Gasteiger partial charge in [-0.2, -0.15) is 13.2 Å². The molecule has 1 atom stereocenters. The van der Waals surface area contributed by atoms with Crippen LogP contribution < -0.4 is 4.74 Å². The van der Waals surface area contributed by atoms with Gasteiger partial charge in [-0.15, -0.1) is 0 Å². The number of aliphatic hydroxyl groups is 1. The smallest absolute Gasteiger partial charge is 0.416 e. The summed E-state index contributed by atoms with van der Waals surface area (Å²) in [5, 5.41) is 20.4. The van der Waals surface area contributed by atoms with E-state index in [2.05, 4.69) is 0 Å². The molecule has 0 saturated heterocycles. The second-order valence-electron chi connectivity index (χ2n) is 8.31. The van der Waals surface area contributed by atoms with E-state index in [0.717, 1.165) is 17.7 Å². The van der Waals surface area contributed by atoms with Crippen LogP contribution in [0.5, 0.6) is 5.75 Å². The van der Waals surface area contributed by atoms with Crippen LogP contribution in [0.2, 0.25) is 5.02 Å². The number of halogens is 4. The lowest BCUT2D eigenvalue weighted by Crippen LogP contribution is -2.36. The molecule has 0 aliphatic heterocycles. The summed E-state index contributed by atoms with van der Waals surface area (Å²) in [5.41, 5.74) is 1.45. The number of carboxylic acid groups (broad SMARTS) is 1. The summed E-state index contributed by atoms with van der Waals surface area (Å²) in [7, 11) is 1.42. The Morgan fingerprint density at radius 2 is 1.81 bits per heavy atom. The molecule has 3 aromatic carbocycles. The fraction of sp³-hybridized carbons (Fsp3) is 0.296. The lowest BCUT2D eigenvalue weighted by molar-refractivity contribution is -0.202. The number of rotatable bonds is 11. The average molecular weight is 538 g/mol. The Bertz CT molecular complexity index is 1230. The molecular weight excluding hydrogens is 511 g/mol. The van der Waals surface area contributed by atoms with Crippen molar-refractivity contribution >= 4 is 17.6 Å². The number of aliphatic carboxylic acids is 1. The second kappa shape index (κ2) is 12.4. The first-order valence-corrected chi connectivity index (χ1v) is 11.8. The number of nitrogens with zero attached hydrogens (tertiary/aromatic N) is 1. The molecule has 0 amide bonds. The van der Waals surface area contributed by atoms with Crippen LogP contribution in [0.25, 0.3) is 11.1 Å². The van der Waals surface area contributed by atoms with Crippen molar-refractivity contribution in [2.45, 2.75) is 39.1 Å². The summed E-state index contributed by atoms with van der Waals surface area (Å²) >= 11 is 5.98. The Morgan fingerprint density at radius 1 is 1.05 bits per heavy atom. The van der Waals surface area contributed by atoms with Gasteiger partial charge in [0.05, 0.1) is 25.7 Å². The van der Waals surface area contributed by atoms with Gasteiger partial charge in [0.15, 0.2) is 0 Å². The van der Waals surface area contributed by atoms with Crippen molar-refractivity contribution in [3.63, 3.8) is 0 Å². The Morgan fingerprint density at radius 3 is 2.43 bits per heavy atom. The molecule has 3 aromatic rings. The summed E-state index contributed by atoms with van der Waals surface area (Å²) in [6.45, 7) is 1.97. The maximum absolute atomic E-state index is 13.6. The molecule has 0 radical (unpaired) electrons. The van der Waals surface area contributed by atoms with E-state index in [1.165, 1.54) is 18.1 Å². The van der Waals surface area contributed by atoms with Crippen molar-refractivity contribution in [2.75, 3.05) is 13.7 Å². The Kier molecular flexibility index (Phi) is 9.56. The van der Waals surface area contributed by atoms with Gasteiger partial charge < -0.3 is 19.7 Å². The standard InChI is InChI=1S/C27H27ClF3NO5/c1-3-32(26(35)37-16-18-5-4-6-21(28)11-18)15-19-14-20(27(29,30)31)8-9-22(19)23-12-17(13-25(33)34)7-10-24(23)36-2/h4-12,14,26,35H,3,13,15-16H2,1-2H3,(H,33,34). The Labute approximate surface area is 217 Å². The molecule has 0 saturated carbocycles. The first kappa shape index (κ1) is 28.5. The number of carbonyl (C=O) groups is 1. The van der Waals surface area contributed by atoms with Crippen LogP contribution in [-0.2, 0) is 35.3 Å². The molecule has 0 fully saturated rings. The van der Waals surface area contributed by atoms with Crippen LogP contribution in [0, 0.1) is 0 Å². The Balaban J connectivity index is 1.97. The first-order chi connectivity index (χ1) is 17.5. The third kappa shape index (κ3) is 7.69. The van der Waals surface area contributed by atoms with Gasteiger partial charge in [-0.05, 0) is 58.7 Å². The van der Waals surface area contributed by atoms with Crippen molar-refractivity contribution in [1.82, 2.24) is 4.90 Å². The molecule has 0 aliphatic carbocycles. The van der Waals surface area contributed by atoms with Gasteiger partial charge in [-0.3, -0.25) is 9.69 Å². The summed E-state index contributed by atoms with van der Waals surface area (Å²) in [6, 6.07) is 15.0. The van der Waals surface area contributed by atoms with Gasteiger partial charge in [0.2, 0.25) is 6.41 Å². The normalized spacial score (nSPS) is 12.5. The summed E-state index contributed by atoms with van der Waals surface area (Å²) in [4.78, 5) is 12.7. The van der Waals surface area contributed by atoms with Gasteiger partial charge in [-0.25, -0.2) is 0 Å². The second-order valence-corrected chi connectivity index (χ2v) is 8.74. The van der Waals surface area contributed by atoms with Crippen molar-refractivity contribution in [1.29, 1.82) is 0 Å². The fourth-order valence-electron chi connectivity index (χ4n) is 3.88. The highest BCUT2D eigenvalue weighted by atomic mass is 35.5. The van der Waals surface area contributed by atoms with Crippen molar-refractivity contribution < 1.29 is 37.7 Å². The molecule has 6 nitrogen and oxygen atoms in total. The van der Waals surface area contributed by atoms with Crippen molar-refractivity contribution in [2.24, 2.45) is 0 Å². The number of alkyl halides is 3. The molecule has 2 N–H and O–H groups in total. The topological polar surface area (TPSA) is 79.2 Å². The van der Waals surface area contributed by atoms with E-state index in [0.29, 0.717) is 27.5 Å². The molecule has 1 unspecified atom stereocenters. The number of hydrogen-bond donors (Lipinski definition) is 2. The first-order valence-electron chi connectivity index (χ1n) is 11.4. The fourth-order valence-corrected chi connectivity index (χ4v) is 4.09. The van der Waals surface area contributed by atoms with E-state index in [9.17, 15) is 28.2 Å². The average Bonchev–Trinajstić information content (AvgIpc) is 2.84. The maximum atomic E-state index is 13.6. The van der Waals surface area contributed by atoms with Gasteiger partial charge in [0, 0.05) is 23.7 Å². The molecule has 0 bridgehead atoms. The highest BCUT2D eigenvalue weighted by molar-refractivity contribution is 6.30. The number of carboxylic acids is 1. The number of ether oxygens (including phenoxy) is 2. The molecular formula is C27H27ClF3NO5. The van der Waals surface area contributed by atoms with Crippen LogP contribution in [0.1, 0.15) is 29.2 Å². The molecule has 10 heteroatoms. The molecule has 0 aliphatic rings. The minimum Gasteiger partial charge on any atom is -0.496 e. The quantitative estimate of drug-likeness (QED) is 0.293. The molecule has 3 rings (SSSR count). The largest absolute Gasteiger partial charge is 0.496 e.